The Morgan fingerprint density at radius 3 is 2.80 bits per heavy atom. The van der Waals surface area contributed by atoms with Crippen LogP contribution in [0.2, 0.25) is 0 Å². The molecule has 0 aromatic carbocycles. The molecule has 0 aliphatic heterocycles. The lowest BCUT2D eigenvalue weighted by atomic mass is 9.95. The van der Waals surface area contributed by atoms with Crippen molar-refractivity contribution in [3.63, 3.8) is 0 Å². The molecule has 1 fully saturated rings. The van der Waals surface area contributed by atoms with Gasteiger partial charge in [-0.05, 0) is 31.4 Å². The Morgan fingerprint density at radius 2 is 2.07 bits per heavy atom. The first-order valence-corrected chi connectivity index (χ1v) is 7.98. The summed E-state index contributed by atoms with van der Waals surface area (Å²) in [6.45, 7) is 3.52. The summed E-state index contributed by atoms with van der Waals surface area (Å²) < 4.78 is 0. The lowest BCUT2D eigenvalue weighted by Crippen LogP contribution is -2.30. The molecule has 1 nitrogen and oxygen atoms in total. The standard InChI is InChI=1S/C13H27NS/c1-3-5-12-6-4-7-13(9-8-12)14-10-11-15-2/h12-14H,3-11H2,1-2H3. The van der Waals surface area contributed by atoms with Crippen LogP contribution in [0.25, 0.3) is 0 Å². The summed E-state index contributed by atoms with van der Waals surface area (Å²) >= 11 is 1.94. The molecule has 1 aliphatic rings. The van der Waals surface area contributed by atoms with Crippen LogP contribution in [0.5, 0.6) is 0 Å². The topological polar surface area (TPSA) is 12.0 Å². The average molecular weight is 229 g/mol. The van der Waals surface area contributed by atoms with Crippen LogP contribution in [0, 0.1) is 5.92 Å². The zero-order valence-corrected chi connectivity index (χ0v) is 11.2. The smallest absolute Gasteiger partial charge is 0.00675 e. The van der Waals surface area contributed by atoms with E-state index in [4.69, 9.17) is 0 Å². The third-order valence-corrected chi connectivity index (χ3v) is 4.14. The van der Waals surface area contributed by atoms with Gasteiger partial charge in [0.2, 0.25) is 0 Å². The molecule has 0 bridgehead atoms. The molecule has 0 amide bonds. The van der Waals surface area contributed by atoms with Gasteiger partial charge >= 0.3 is 0 Å². The second-order valence-corrected chi connectivity index (χ2v) is 5.79. The second-order valence-electron chi connectivity index (χ2n) is 4.81. The van der Waals surface area contributed by atoms with Crippen molar-refractivity contribution in [3.8, 4) is 0 Å². The maximum absolute atomic E-state index is 3.70. The van der Waals surface area contributed by atoms with Crippen molar-refractivity contribution in [2.75, 3.05) is 18.6 Å². The first-order chi connectivity index (χ1) is 7.36. The number of hydrogen-bond acceptors (Lipinski definition) is 2. The normalized spacial score (nSPS) is 27.6. The van der Waals surface area contributed by atoms with Gasteiger partial charge in [-0.25, -0.2) is 0 Å². The second kappa shape index (κ2) is 8.46. The molecule has 15 heavy (non-hydrogen) atoms. The van der Waals surface area contributed by atoms with Crippen LogP contribution in [0.1, 0.15) is 51.9 Å². The fraction of sp³-hybridized carbons (Fsp3) is 1.00. The van der Waals surface area contributed by atoms with Gasteiger partial charge < -0.3 is 5.32 Å². The molecule has 1 N–H and O–H groups in total. The molecule has 0 heterocycles. The van der Waals surface area contributed by atoms with Crippen LogP contribution in [0.15, 0.2) is 0 Å². The van der Waals surface area contributed by atoms with E-state index in [0.717, 1.165) is 12.0 Å². The van der Waals surface area contributed by atoms with Gasteiger partial charge in [0, 0.05) is 18.3 Å². The van der Waals surface area contributed by atoms with Gasteiger partial charge in [0.1, 0.15) is 0 Å². The van der Waals surface area contributed by atoms with Gasteiger partial charge in [-0.1, -0.05) is 32.6 Å². The van der Waals surface area contributed by atoms with E-state index >= 15 is 0 Å². The first-order valence-electron chi connectivity index (χ1n) is 6.59. The van der Waals surface area contributed by atoms with E-state index in [1.165, 1.54) is 57.2 Å². The fourth-order valence-electron chi connectivity index (χ4n) is 2.64. The Hall–Kier alpha value is 0.310. The van der Waals surface area contributed by atoms with Crippen LogP contribution < -0.4 is 5.32 Å². The van der Waals surface area contributed by atoms with Crippen LogP contribution >= 0.6 is 11.8 Å². The molecule has 2 atom stereocenters. The highest BCUT2D eigenvalue weighted by molar-refractivity contribution is 7.98. The molecule has 1 aliphatic carbocycles. The molecule has 0 radical (unpaired) electrons. The molecule has 0 spiro atoms. The van der Waals surface area contributed by atoms with Gasteiger partial charge in [-0.15, -0.1) is 0 Å². The summed E-state index contributed by atoms with van der Waals surface area (Å²) in [5.74, 6) is 2.29. The van der Waals surface area contributed by atoms with Crippen molar-refractivity contribution in [3.05, 3.63) is 0 Å². The van der Waals surface area contributed by atoms with E-state index in [9.17, 15) is 0 Å². The monoisotopic (exact) mass is 229 g/mol. The van der Waals surface area contributed by atoms with Crippen molar-refractivity contribution < 1.29 is 0 Å². The van der Waals surface area contributed by atoms with Crippen molar-refractivity contribution >= 4 is 11.8 Å². The minimum atomic E-state index is 0.819. The maximum atomic E-state index is 3.70. The van der Waals surface area contributed by atoms with Gasteiger partial charge in [0.05, 0.1) is 0 Å². The molecule has 0 saturated heterocycles. The molecular formula is C13H27NS. The molecule has 0 aromatic rings. The Morgan fingerprint density at radius 1 is 1.20 bits per heavy atom. The van der Waals surface area contributed by atoms with Gasteiger partial charge in [-0.2, -0.15) is 11.8 Å². The first kappa shape index (κ1) is 13.4. The molecule has 0 aromatic heterocycles. The van der Waals surface area contributed by atoms with E-state index in [1.807, 2.05) is 11.8 Å². The van der Waals surface area contributed by atoms with Crippen molar-refractivity contribution in [1.82, 2.24) is 5.32 Å². The van der Waals surface area contributed by atoms with E-state index in [1.54, 1.807) is 0 Å². The molecule has 2 heteroatoms. The van der Waals surface area contributed by atoms with E-state index in [0.29, 0.717) is 0 Å². The maximum Gasteiger partial charge on any atom is 0.00675 e. The molecule has 90 valence electrons. The summed E-state index contributed by atoms with van der Waals surface area (Å²) in [5, 5.41) is 3.70. The summed E-state index contributed by atoms with van der Waals surface area (Å²) in [5.41, 5.74) is 0. The molecular weight excluding hydrogens is 202 g/mol. The SMILES string of the molecule is CCCC1CCCC(NCCSC)CC1. The Bertz CT molecular complexity index is 149. The number of thioether (sulfide) groups is 1. The number of nitrogens with one attached hydrogen (secondary N) is 1. The Balaban J connectivity index is 2.14. The van der Waals surface area contributed by atoms with Crippen LogP contribution in [0.4, 0.5) is 0 Å². The Kier molecular flexibility index (Phi) is 7.54. The zero-order valence-electron chi connectivity index (χ0n) is 10.4. The highest BCUT2D eigenvalue weighted by Gasteiger charge is 2.17. The minimum absolute atomic E-state index is 0.819. The van der Waals surface area contributed by atoms with Crippen molar-refractivity contribution in [2.24, 2.45) is 5.92 Å². The van der Waals surface area contributed by atoms with Crippen LogP contribution in [0.3, 0.4) is 0 Å². The predicted octanol–water partition coefficient (Wildman–Crippen LogP) is 3.69. The van der Waals surface area contributed by atoms with E-state index in [2.05, 4.69) is 18.5 Å². The third kappa shape index (κ3) is 5.82. The lowest BCUT2D eigenvalue weighted by Gasteiger charge is -2.16. The summed E-state index contributed by atoms with van der Waals surface area (Å²) in [4.78, 5) is 0. The minimum Gasteiger partial charge on any atom is -0.313 e. The van der Waals surface area contributed by atoms with Gasteiger partial charge in [0.15, 0.2) is 0 Å². The number of hydrogen-bond donors (Lipinski definition) is 1. The fourth-order valence-corrected chi connectivity index (χ4v) is 2.97. The van der Waals surface area contributed by atoms with E-state index < -0.39 is 0 Å². The Labute approximate surface area is 99.8 Å². The molecule has 1 rings (SSSR count). The quantitative estimate of drug-likeness (QED) is 0.551. The molecule has 2 unspecified atom stereocenters. The third-order valence-electron chi connectivity index (χ3n) is 3.52. The lowest BCUT2D eigenvalue weighted by molar-refractivity contribution is 0.412. The van der Waals surface area contributed by atoms with Gasteiger partial charge in [0.25, 0.3) is 0 Å². The van der Waals surface area contributed by atoms with Gasteiger partial charge in [-0.3, -0.25) is 0 Å². The van der Waals surface area contributed by atoms with Crippen LogP contribution in [-0.4, -0.2) is 24.6 Å². The summed E-state index contributed by atoms with van der Waals surface area (Å²) in [6, 6.07) is 0.819. The van der Waals surface area contributed by atoms with E-state index in [-0.39, 0.29) is 0 Å². The summed E-state index contributed by atoms with van der Waals surface area (Å²) in [7, 11) is 0. The highest BCUT2D eigenvalue weighted by Crippen LogP contribution is 2.26. The highest BCUT2D eigenvalue weighted by atomic mass is 32.2. The summed E-state index contributed by atoms with van der Waals surface area (Å²) in [6.07, 6.45) is 12.2. The average Bonchev–Trinajstić information content (AvgIpc) is 2.45. The van der Waals surface area contributed by atoms with Crippen molar-refractivity contribution in [1.29, 1.82) is 0 Å². The zero-order chi connectivity index (χ0) is 10.9. The predicted molar refractivity (Wildman–Crippen MR) is 71.7 cm³/mol. The molecule has 1 saturated carbocycles. The van der Waals surface area contributed by atoms with Crippen molar-refractivity contribution in [2.45, 2.75) is 57.9 Å². The van der Waals surface area contributed by atoms with Crippen LogP contribution in [-0.2, 0) is 0 Å². The number of rotatable bonds is 6. The largest absolute Gasteiger partial charge is 0.313 e.